The van der Waals surface area contributed by atoms with Crippen LogP contribution in [0.15, 0.2) is 24.3 Å². The lowest BCUT2D eigenvalue weighted by atomic mass is 10.1. The van der Waals surface area contributed by atoms with Crippen molar-refractivity contribution in [3.8, 4) is 5.75 Å². The third-order valence-corrected chi connectivity index (χ3v) is 4.29. The van der Waals surface area contributed by atoms with Crippen molar-refractivity contribution in [2.24, 2.45) is 0 Å². The number of rotatable bonds is 4. The number of hydrogen-bond donors (Lipinski definition) is 2. The fraction of sp³-hybridized carbons (Fsp3) is 0.438. The average molecular weight is 332 g/mol. The number of ether oxygens (including phenoxy) is 1. The zero-order chi connectivity index (χ0) is 17.1. The Morgan fingerprint density at radius 3 is 2.62 bits per heavy atom. The molecule has 0 spiro atoms. The molecular formula is C16H20N4O4. The summed E-state index contributed by atoms with van der Waals surface area (Å²) < 4.78 is 5.23. The van der Waals surface area contributed by atoms with Crippen LogP contribution in [0.5, 0.6) is 5.75 Å². The van der Waals surface area contributed by atoms with E-state index in [1.807, 2.05) is 24.3 Å². The first-order chi connectivity index (χ1) is 11.6. The minimum atomic E-state index is -0.763. The maximum Gasteiger partial charge on any atom is 0.322 e. The van der Waals surface area contributed by atoms with Crippen LogP contribution < -0.4 is 20.3 Å². The summed E-state index contributed by atoms with van der Waals surface area (Å²) in [6.45, 7) is 2.58. The van der Waals surface area contributed by atoms with Crippen LogP contribution >= 0.6 is 0 Å². The van der Waals surface area contributed by atoms with Crippen molar-refractivity contribution in [1.29, 1.82) is 0 Å². The number of imide groups is 1. The molecule has 0 saturated carbocycles. The molecule has 0 bridgehead atoms. The summed E-state index contributed by atoms with van der Waals surface area (Å²) in [5.41, 5.74) is 1.06. The Morgan fingerprint density at radius 2 is 2.00 bits per heavy atom. The second-order valence-corrected chi connectivity index (χ2v) is 5.79. The van der Waals surface area contributed by atoms with Crippen LogP contribution in [0.25, 0.3) is 0 Å². The molecule has 1 aromatic carbocycles. The highest BCUT2D eigenvalue weighted by Gasteiger charge is 2.33. The zero-order valence-corrected chi connectivity index (χ0v) is 13.4. The van der Waals surface area contributed by atoms with E-state index in [-0.39, 0.29) is 12.3 Å². The van der Waals surface area contributed by atoms with Crippen LogP contribution in [0.4, 0.5) is 10.5 Å². The van der Waals surface area contributed by atoms with E-state index < -0.39 is 18.0 Å². The first-order valence-corrected chi connectivity index (χ1v) is 7.85. The van der Waals surface area contributed by atoms with Gasteiger partial charge in [-0.25, -0.2) is 4.79 Å². The molecule has 2 aliphatic heterocycles. The number of urea groups is 1. The SMILES string of the molecule is COc1cccc(N2CCN(C(=O)CC3NC(=O)NC3=O)CC2)c1. The van der Waals surface area contributed by atoms with Crippen molar-refractivity contribution >= 4 is 23.5 Å². The highest BCUT2D eigenvalue weighted by atomic mass is 16.5. The summed E-state index contributed by atoms with van der Waals surface area (Å²) in [6.07, 6.45) is -0.00324. The number of methoxy groups -OCH3 is 1. The van der Waals surface area contributed by atoms with Gasteiger partial charge in [-0.2, -0.15) is 0 Å². The van der Waals surface area contributed by atoms with E-state index in [4.69, 9.17) is 4.74 Å². The molecule has 3 rings (SSSR count). The van der Waals surface area contributed by atoms with Crippen molar-refractivity contribution in [2.75, 3.05) is 38.2 Å². The molecule has 0 aliphatic carbocycles. The second-order valence-electron chi connectivity index (χ2n) is 5.79. The molecule has 1 unspecified atom stereocenters. The Labute approximate surface area is 139 Å². The highest BCUT2D eigenvalue weighted by molar-refractivity contribution is 6.05. The number of nitrogens with one attached hydrogen (secondary N) is 2. The number of piperazine rings is 1. The normalized spacial score (nSPS) is 20.6. The van der Waals surface area contributed by atoms with Crippen molar-refractivity contribution in [3.63, 3.8) is 0 Å². The molecule has 2 fully saturated rings. The molecule has 2 N–H and O–H groups in total. The lowest BCUT2D eigenvalue weighted by Crippen LogP contribution is -2.50. The molecule has 4 amide bonds. The number of benzene rings is 1. The van der Waals surface area contributed by atoms with E-state index in [0.29, 0.717) is 26.2 Å². The van der Waals surface area contributed by atoms with Gasteiger partial charge in [-0.05, 0) is 12.1 Å². The Balaban J connectivity index is 1.53. The van der Waals surface area contributed by atoms with E-state index >= 15 is 0 Å². The molecule has 128 valence electrons. The summed E-state index contributed by atoms with van der Waals surface area (Å²) in [5, 5.41) is 4.58. The monoisotopic (exact) mass is 332 g/mol. The minimum absolute atomic E-state index is 0.00324. The Kier molecular flexibility index (Phi) is 4.54. The number of carbonyl (C=O) groups is 3. The first kappa shape index (κ1) is 16.1. The van der Waals surface area contributed by atoms with Crippen molar-refractivity contribution in [1.82, 2.24) is 15.5 Å². The van der Waals surface area contributed by atoms with E-state index in [1.165, 1.54) is 0 Å². The Bertz CT molecular complexity index is 655. The molecule has 0 radical (unpaired) electrons. The van der Waals surface area contributed by atoms with E-state index in [1.54, 1.807) is 12.0 Å². The number of nitrogens with zero attached hydrogens (tertiary/aromatic N) is 2. The molecule has 2 saturated heterocycles. The van der Waals surface area contributed by atoms with Gasteiger partial charge in [-0.3, -0.25) is 14.9 Å². The van der Waals surface area contributed by atoms with Crippen LogP contribution in [0.2, 0.25) is 0 Å². The molecule has 1 aromatic rings. The van der Waals surface area contributed by atoms with Crippen LogP contribution in [0, 0.1) is 0 Å². The molecular weight excluding hydrogens is 312 g/mol. The summed E-state index contributed by atoms with van der Waals surface area (Å²) in [7, 11) is 1.63. The number of anilines is 1. The van der Waals surface area contributed by atoms with Gasteiger partial charge in [-0.1, -0.05) is 6.07 Å². The van der Waals surface area contributed by atoms with Crippen molar-refractivity contribution in [3.05, 3.63) is 24.3 Å². The van der Waals surface area contributed by atoms with Gasteiger partial charge in [0.25, 0.3) is 5.91 Å². The van der Waals surface area contributed by atoms with E-state index in [0.717, 1.165) is 11.4 Å². The fourth-order valence-corrected chi connectivity index (χ4v) is 2.93. The van der Waals surface area contributed by atoms with Gasteiger partial charge < -0.3 is 19.9 Å². The Hall–Kier alpha value is -2.77. The van der Waals surface area contributed by atoms with Gasteiger partial charge >= 0.3 is 6.03 Å². The van der Waals surface area contributed by atoms with Gasteiger partial charge in [0.05, 0.1) is 13.5 Å². The third kappa shape index (κ3) is 3.42. The van der Waals surface area contributed by atoms with Gasteiger partial charge in [0.2, 0.25) is 5.91 Å². The smallest absolute Gasteiger partial charge is 0.322 e. The van der Waals surface area contributed by atoms with Crippen molar-refractivity contribution in [2.45, 2.75) is 12.5 Å². The minimum Gasteiger partial charge on any atom is -0.497 e. The Morgan fingerprint density at radius 1 is 1.25 bits per heavy atom. The topological polar surface area (TPSA) is 91.0 Å². The summed E-state index contributed by atoms with van der Waals surface area (Å²) in [6, 6.07) is 6.51. The largest absolute Gasteiger partial charge is 0.497 e. The zero-order valence-electron chi connectivity index (χ0n) is 13.4. The van der Waals surface area contributed by atoms with Crippen LogP contribution in [-0.2, 0) is 9.59 Å². The van der Waals surface area contributed by atoms with Gasteiger partial charge in [0.1, 0.15) is 11.8 Å². The quantitative estimate of drug-likeness (QED) is 0.754. The van der Waals surface area contributed by atoms with Gasteiger partial charge in [-0.15, -0.1) is 0 Å². The van der Waals surface area contributed by atoms with E-state index in [2.05, 4.69) is 15.5 Å². The maximum atomic E-state index is 12.3. The molecule has 8 nitrogen and oxygen atoms in total. The maximum absolute atomic E-state index is 12.3. The van der Waals surface area contributed by atoms with Crippen LogP contribution in [-0.4, -0.2) is 62.1 Å². The molecule has 8 heteroatoms. The molecule has 24 heavy (non-hydrogen) atoms. The lowest BCUT2D eigenvalue weighted by molar-refractivity contribution is -0.134. The first-order valence-electron chi connectivity index (χ1n) is 7.85. The second kappa shape index (κ2) is 6.77. The van der Waals surface area contributed by atoms with E-state index in [9.17, 15) is 14.4 Å². The number of amides is 4. The van der Waals surface area contributed by atoms with Gasteiger partial charge in [0.15, 0.2) is 0 Å². The standard InChI is InChI=1S/C16H20N4O4/c1-24-12-4-2-3-11(9-12)19-5-7-20(8-6-19)14(21)10-13-15(22)18-16(23)17-13/h2-4,9,13H,5-8,10H2,1H3,(H2,17,18,22,23). The summed E-state index contributed by atoms with van der Waals surface area (Å²) in [4.78, 5) is 38.8. The van der Waals surface area contributed by atoms with Crippen LogP contribution in [0.3, 0.4) is 0 Å². The van der Waals surface area contributed by atoms with Crippen molar-refractivity contribution < 1.29 is 19.1 Å². The average Bonchev–Trinajstić information content (AvgIpc) is 2.92. The third-order valence-electron chi connectivity index (χ3n) is 4.29. The van der Waals surface area contributed by atoms with Gasteiger partial charge in [0, 0.05) is 37.9 Å². The summed E-state index contributed by atoms with van der Waals surface area (Å²) >= 11 is 0. The predicted molar refractivity (Wildman–Crippen MR) is 86.9 cm³/mol. The molecule has 1 atom stereocenters. The summed E-state index contributed by atoms with van der Waals surface area (Å²) in [5.74, 6) is 0.236. The van der Waals surface area contributed by atoms with Crippen LogP contribution in [0.1, 0.15) is 6.42 Å². The number of hydrogen-bond acceptors (Lipinski definition) is 5. The molecule has 0 aromatic heterocycles. The number of carbonyl (C=O) groups excluding carboxylic acids is 3. The lowest BCUT2D eigenvalue weighted by Gasteiger charge is -2.36. The molecule has 2 heterocycles. The fourth-order valence-electron chi connectivity index (χ4n) is 2.93. The predicted octanol–water partition coefficient (Wildman–Crippen LogP) is -0.0581. The molecule has 2 aliphatic rings. The highest BCUT2D eigenvalue weighted by Crippen LogP contribution is 2.22.